The van der Waals surface area contributed by atoms with Gasteiger partial charge in [0.25, 0.3) is 0 Å². The number of nitrogens with zero attached hydrogens (tertiary/aromatic N) is 4. The highest BCUT2D eigenvalue weighted by atomic mass is 32.1. The Morgan fingerprint density at radius 1 is 1.14 bits per heavy atom. The third-order valence-electron chi connectivity index (χ3n) is 6.55. The third kappa shape index (κ3) is 3.49. The van der Waals surface area contributed by atoms with E-state index in [1.807, 2.05) is 35.7 Å². The molecule has 3 aromatic heterocycles. The Labute approximate surface area is 206 Å². The van der Waals surface area contributed by atoms with E-state index in [4.69, 9.17) is 19.2 Å². The van der Waals surface area contributed by atoms with Crippen molar-refractivity contribution in [2.24, 2.45) is 5.41 Å². The van der Waals surface area contributed by atoms with Crippen LogP contribution in [0.15, 0.2) is 53.4 Å². The van der Waals surface area contributed by atoms with Gasteiger partial charge in [0.15, 0.2) is 28.8 Å². The number of hydrogen-bond acceptors (Lipinski definition) is 8. The van der Waals surface area contributed by atoms with Crippen LogP contribution in [-0.2, 0) is 4.79 Å². The molecule has 4 heterocycles. The number of carbonyl (C=O) groups is 1. The predicted octanol–water partition coefficient (Wildman–Crippen LogP) is 5.04. The first kappa shape index (κ1) is 21.8. The van der Waals surface area contributed by atoms with E-state index < -0.39 is 5.92 Å². The van der Waals surface area contributed by atoms with E-state index in [0.717, 1.165) is 16.0 Å². The average molecular weight is 489 g/mol. The molecule has 0 fully saturated rings. The fourth-order valence-corrected chi connectivity index (χ4v) is 5.67. The van der Waals surface area contributed by atoms with Crippen LogP contribution in [0, 0.1) is 5.41 Å². The zero-order valence-corrected chi connectivity index (χ0v) is 20.7. The Morgan fingerprint density at radius 2 is 1.97 bits per heavy atom. The van der Waals surface area contributed by atoms with Crippen molar-refractivity contribution in [3.63, 3.8) is 0 Å². The lowest BCUT2D eigenvalue weighted by atomic mass is 9.70. The molecule has 0 N–H and O–H groups in total. The van der Waals surface area contributed by atoms with E-state index in [0.29, 0.717) is 53.0 Å². The number of Topliss-reactive ketones (excluding diaryl/α,β-unsaturated/α-hetero) is 1. The highest BCUT2D eigenvalue weighted by Gasteiger charge is 2.44. The van der Waals surface area contributed by atoms with Crippen molar-refractivity contribution < 1.29 is 19.0 Å². The summed E-state index contributed by atoms with van der Waals surface area (Å²) in [7, 11) is 3.20. The quantitative estimate of drug-likeness (QED) is 0.398. The van der Waals surface area contributed by atoms with E-state index >= 15 is 0 Å². The number of ketones is 1. The molecule has 0 saturated heterocycles. The van der Waals surface area contributed by atoms with Gasteiger partial charge in [0, 0.05) is 18.4 Å². The van der Waals surface area contributed by atoms with E-state index in [-0.39, 0.29) is 11.2 Å². The summed E-state index contributed by atoms with van der Waals surface area (Å²) in [6.45, 7) is 4.17. The van der Waals surface area contributed by atoms with Crippen LogP contribution in [-0.4, -0.2) is 39.6 Å². The summed E-state index contributed by atoms with van der Waals surface area (Å²) >= 11 is 1.57. The zero-order valence-electron chi connectivity index (χ0n) is 19.9. The monoisotopic (exact) mass is 488 g/mol. The minimum atomic E-state index is -0.422. The molecule has 0 unspecified atom stereocenters. The highest BCUT2D eigenvalue weighted by molar-refractivity contribution is 7.13. The number of fused-ring (bicyclic) bond motifs is 3. The van der Waals surface area contributed by atoms with Gasteiger partial charge in [0.2, 0.25) is 5.88 Å². The second-order valence-corrected chi connectivity index (χ2v) is 10.5. The van der Waals surface area contributed by atoms with Gasteiger partial charge in [-0.05, 0) is 34.6 Å². The van der Waals surface area contributed by atoms with Crippen molar-refractivity contribution in [3.8, 4) is 28.1 Å². The first-order valence-corrected chi connectivity index (χ1v) is 12.2. The molecule has 1 atom stereocenters. The number of ether oxygens (including phenoxy) is 3. The van der Waals surface area contributed by atoms with E-state index in [9.17, 15) is 4.79 Å². The summed E-state index contributed by atoms with van der Waals surface area (Å²) in [6, 6.07) is 9.67. The SMILES string of the molecule is COc1ccc([C@@H]2C3=C(CC(C)(C)CC3=O)Oc3ncn4nc(-c5cccs5)nc4c32)cc1OC. The Balaban J connectivity index is 1.62. The number of benzene rings is 1. The normalized spacial score (nSPS) is 18.7. The molecule has 0 saturated carbocycles. The number of allylic oxidation sites excluding steroid dienone is 2. The van der Waals surface area contributed by atoms with Crippen molar-refractivity contribution >= 4 is 22.8 Å². The Morgan fingerprint density at radius 3 is 2.71 bits per heavy atom. The predicted molar refractivity (Wildman–Crippen MR) is 131 cm³/mol. The largest absolute Gasteiger partial charge is 0.493 e. The molecule has 0 radical (unpaired) electrons. The Kier molecular flexibility index (Phi) is 4.93. The maximum Gasteiger partial charge on any atom is 0.228 e. The summed E-state index contributed by atoms with van der Waals surface area (Å²) in [5, 5.41) is 6.64. The maximum absolute atomic E-state index is 13.6. The van der Waals surface area contributed by atoms with Crippen molar-refractivity contribution in [2.75, 3.05) is 14.2 Å². The summed E-state index contributed by atoms with van der Waals surface area (Å²) in [5.41, 5.74) is 2.67. The van der Waals surface area contributed by atoms with Gasteiger partial charge in [-0.25, -0.2) is 14.5 Å². The molecular weight excluding hydrogens is 464 g/mol. The molecule has 2 aliphatic rings. The van der Waals surface area contributed by atoms with Crippen LogP contribution < -0.4 is 14.2 Å². The van der Waals surface area contributed by atoms with Crippen LogP contribution in [0.25, 0.3) is 16.3 Å². The Bertz CT molecular complexity index is 1500. The second kappa shape index (κ2) is 7.91. The lowest BCUT2D eigenvalue weighted by Crippen LogP contribution is -2.33. The van der Waals surface area contributed by atoms with Crippen LogP contribution in [0.1, 0.15) is 43.7 Å². The number of hydrogen-bond donors (Lipinski definition) is 0. The summed E-state index contributed by atoms with van der Waals surface area (Å²) in [4.78, 5) is 24.0. The maximum atomic E-state index is 13.6. The lowest BCUT2D eigenvalue weighted by Gasteiger charge is -2.37. The molecule has 6 rings (SSSR count). The number of carbonyl (C=O) groups excluding carboxylic acids is 1. The summed E-state index contributed by atoms with van der Waals surface area (Å²) < 4.78 is 19.0. The molecule has 9 heteroatoms. The fraction of sp³-hybridized carbons (Fsp3) is 0.308. The molecule has 35 heavy (non-hydrogen) atoms. The number of methoxy groups -OCH3 is 2. The first-order chi connectivity index (χ1) is 16.9. The van der Waals surface area contributed by atoms with Gasteiger partial charge in [-0.15, -0.1) is 16.4 Å². The molecule has 0 amide bonds. The molecule has 1 aromatic carbocycles. The van der Waals surface area contributed by atoms with Gasteiger partial charge in [-0.1, -0.05) is 26.0 Å². The molecule has 0 spiro atoms. The van der Waals surface area contributed by atoms with Gasteiger partial charge >= 0.3 is 0 Å². The minimum Gasteiger partial charge on any atom is -0.493 e. The van der Waals surface area contributed by atoms with Gasteiger partial charge in [-0.3, -0.25) is 4.79 Å². The van der Waals surface area contributed by atoms with Crippen LogP contribution in [0.4, 0.5) is 0 Å². The van der Waals surface area contributed by atoms with Crippen molar-refractivity contribution in [1.82, 2.24) is 19.6 Å². The minimum absolute atomic E-state index is 0.0710. The van der Waals surface area contributed by atoms with E-state index in [2.05, 4.69) is 23.9 Å². The molecule has 178 valence electrons. The summed E-state index contributed by atoms with van der Waals surface area (Å²) in [5.74, 6) is 2.59. The number of thiophene rings is 1. The molecule has 1 aliphatic heterocycles. The summed E-state index contributed by atoms with van der Waals surface area (Å²) in [6.07, 6.45) is 2.71. The van der Waals surface area contributed by atoms with Crippen molar-refractivity contribution in [1.29, 1.82) is 0 Å². The van der Waals surface area contributed by atoms with Gasteiger partial charge < -0.3 is 14.2 Å². The number of aromatic nitrogens is 4. The second-order valence-electron chi connectivity index (χ2n) is 9.57. The van der Waals surface area contributed by atoms with E-state index in [1.165, 1.54) is 0 Å². The zero-order chi connectivity index (χ0) is 24.3. The molecule has 4 aromatic rings. The third-order valence-corrected chi connectivity index (χ3v) is 7.41. The lowest BCUT2D eigenvalue weighted by molar-refractivity contribution is -0.118. The fourth-order valence-electron chi connectivity index (χ4n) is 5.02. The average Bonchev–Trinajstić information content (AvgIpc) is 3.51. The van der Waals surface area contributed by atoms with Crippen LogP contribution in [0.5, 0.6) is 17.4 Å². The molecule has 8 nitrogen and oxygen atoms in total. The van der Waals surface area contributed by atoms with Crippen molar-refractivity contribution in [2.45, 2.75) is 32.6 Å². The van der Waals surface area contributed by atoms with Crippen LogP contribution in [0.2, 0.25) is 0 Å². The van der Waals surface area contributed by atoms with Gasteiger partial charge in [0.05, 0.1) is 30.6 Å². The van der Waals surface area contributed by atoms with Gasteiger partial charge in [0.1, 0.15) is 12.1 Å². The molecule has 0 bridgehead atoms. The first-order valence-electron chi connectivity index (χ1n) is 11.3. The Hall–Kier alpha value is -3.72. The molecular formula is C26H24N4O4S. The molecule has 1 aliphatic carbocycles. The topological polar surface area (TPSA) is 87.8 Å². The van der Waals surface area contributed by atoms with E-state index in [1.54, 1.807) is 36.4 Å². The smallest absolute Gasteiger partial charge is 0.228 e. The van der Waals surface area contributed by atoms with Crippen LogP contribution in [0.3, 0.4) is 0 Å². The van der Waals surface area contributed by atoms with Gasteiger partial charge in [-0.2, -0.15) is 0 Å². The number of rotatable bonds is 4. The highest BCUT2D eigenvalue weighted by Crippen LogP contribution is 2.51. The standard InChI is InChI=1S/C26H24N4O4S/c1-26(2)11-15(31)21-18(12-26)34-25-22(20(21)14-7-8-16(32-3)17(10-14)33-4)24-28-23(19-6-5-9-35-19)29-30(24)13-27-25/h5-10,13,20H,11-12H2,1-4H3/t20-/m1/s1. The van der Waals surface area contributed by atoms with Crippen molar-refractivity contribution in [3.05, 3.63) is 64.5 Å². The van der Waals surface area contributed by atoms with Crippen LogP contribution >= 0.6 is 11.3 Å².